The van der Waals surface area contributed by atoms with E-state index in [9.17, 15) is 10.2 Å². The van der Waals surface area contributed by atoms with E-state index in [1.165, 1.54) is 0 Å². The fraction of sp³-hybridized carbons (Fsp3) is 0.0769. The number of halogens is 4. The molecule has 0 saturated heterocycles. The number of phenolic OH excluding ortho intramolecular Hbond substituents is 2. The molecule has 0 aliphatic carbocycles. The zero-order valence-corrected chi connectivity index (χ0v) is 15.7. The highest BCUT2D eigenvalue weighted by atomic mass is 79.9. The van der Waals surface area contributed by atoms with Gasteiger partial charge in [-0.25, -0.2) is 0 Å². The Morgan fingerprint density at radius 2 is 1.37 bits per heavy atom. The zero-order valence-electron chi connectivity index (χ0n) is 9.37. The first kappa shape index (κ1) is 15.4. The van der Waals surface area contributed by atoms with Crippen LogP contribution < -0.4 is 0 Å². The molecule has 0 aliphatic heterocycles. The van der Waals surface area contributed by atoms with Crippen molar-refractivity contribution in [2.45, 2.75) is 3.23 Å². The Balaban J connectivity index is 2.56. The summed E-state index contributed by atoms with van der Waals surface area (Å²) in [6, 6.07) is 10.3. The van der Waals surface area contributed by atoms with Gasteiger partial charge < -0.3 is 10.2 Å². The second-order valence-electron chi connectivity index (χ2n) is 3.88. The maximum atomic E-state index is 9.66. The summed E-state index contributed by atoms with van der Waals surface area (Å²) in [7, 11) is 0. The van der Waals surface area contributed by atoms with Crippen molar-refractivity contribution in [1.82, 2.24) is 0 Å². The quantitative estimate of drug-likeness (QED) is 0.510. The molecule has 19 heavy (non-hydrogen) atoms. The van der Waals surface area contributed by atoms with Gasteiger partial charge in [-0.05, 0) is 61.2 Å². The van der Waals surface area contributed by atoms with Gasteiger partial charge >= 0.3 is 0 Å². The molecule has 2 aromatic rings. The third-order valence-electron chi connectivity index (χ3n) is 2.63. The predicted octanol–water partition coefficient (Wildman–Crippen LogP) is 5.61. The molecule has 100 valence electrons. The highest BCUT2D eigenvalue weighted by molar-refractivity contribution is 9.25. The number of hydrogen-bond acceptors (Lipinski definition) is 2. The first-order valence-corrected chi connectivity index (χ1v) is 8.36. The average Bonchev–Trinajstić information content (AvgIpc) is 2.36. The van der Waals surface area contributed by atoms with Crippen LogP contribution in [0.15, 0.2) is 45.3 Å². The van der Waals surface area contributed by atoms with E-state index in [0.717, 1.165) is 15.6 Å². The van der Waals surface area contributed by atoms with E-state index in [-0.39, 0.29) is 11.5 Å². The number of benzene rings is 2. The molecule has 0 aromatic heterocycles. The largest absolute Gasteiger partial charge is 0.508 e. The highest BCUT2D eigenvalue weighted by Crippen LogP contribution is 2.50. The molecule has 0 heterocycles. The number of rotatable bonds is 2. The lowest BCUT2D eigenvalue weighted by atomic mass is 10.0. The van der Waals surface area contributed by atoms with Crippen LogP contribution in [0, 0.1) is 0 Å². The SMILES string of the molecule is Oc1ccc(C(Br)(Br)c2ccc(O)c(Br)c2Br)cc1. The molecule has 0 atom stereocenters. The lowest BCUT2D eigenvalue weighted by Crippen LogP contribution is -2.11. The Hall–Kier alpha value is -0.0400. The van der Waals surface area contributed by atoms with E-state index in [1.54, 1.807) is 24.3 Å². The zero-order chi connectivity index (χ0) is 14.2. The third kappa shape index (κ3) is 3.01. The van der Waals surface area contributed by atoms with E-state index >= 15 is 0 Å². The summed E-state index contributed by atoms with van der Waals surface area (Å²) in [4.78, 5) is 0. The fourth-order valence-electron chi connectivity index (χ4n) is 1.61. The summed E-state index contributed by atoms with van der Waals surface area (Å²) in [6.07, 6.45) is 0. The Bertz CT molecular complexity index is 609. The van der Waals surface area contributed by atoms with E-state index < -0.39 is 3.23 Å². The van der Waals surface area contributed by atoms with Gasteiger partial charge in [0.05, 0.1) is 4.47 Å². The van der Waals surface area contributed by atoms with E-state index in [4.69, 9.17) is 0 Å². The summed E-state index contributed by atoms with van der Waals surface area (Å²) < 4.78 is 0.712. The first-order chi connectivity index (χ1) is 8.84. The third-order valence-corrected chi connectivity index (χ3v) is 6.56. The molecule has 0 bridgehead atoms. The average molecular weight is 516 g/mol. The number of hydrogen-bond donors (Lipinski definition) is 2. The van der Waals surface area contributed by atoms with Crippen molar-refractivity contribution >= 4 is 63.7 Å². The molecule has 2 rings (SSSR count). The molecule has 0 radical (unpaired) electrons. The van der Waals surface area contributed by atoms with Crippen LogP contribution in [0.4, 0.5) is 0 Å². The van der Waals surface area contributed by atoms with Crippen LogP contribution in [0.25, 0.3) is 0 Å². The summed E-state index contributed by atoms with van der Waals surface area (Å²) >= 11 is 14.1. The number of aromatic hydroxyl groups is 2. The topological polar surface area (TPSA) is 40.5 Å². The van der Waals surface area contributed by atoms with Crippen molar-refractivity contribution in [1.29, 1.82) is 0 Å². The van der Waals surface area contributed by atoms with Gasteiger partial charge in [0.2, 0.25) is 0 Å². The molecular weight excluding hydrogens is 508 g/mol. The fourth-order valence-corrected chi connectivity index (χ4v) is 4.31. The van der Waals surface area contributed by atoms with Crippen LogP contribution in [0.3, 0.4) is 0 Å². The van der Waals surface area contributed by atoms with Crippen molar-refractivity contribution < 1.29 is 10.2 Å². The molecular formula is C13H8Br4O2. The van der Waals surface area contributed by atoms with Crippen molar-refractivity contribution in [2.24, 2.45) is 0 Å². The predicted molar refractivity (Wildman–Crippen MR) is 90.2 cm³/mol. The minimum absolute atomic E-state index is 0.164. The molecule has 2 aromatic carbocycles. The van der Waals surface area contributed by atoms with Gasteiger partial charge in [-0.2, -0.15) is 0 Å². The lowest BCUT2D eigenvalue weighted by molar-refractivity contribution is 0.471. The number of alkyl halides is 2. The van der Waals surface area contributed by atoms with Crippen LogP contribution >= 0.6 is 63.7 Å². The summed E-state index contributed by atoms with van der Waals surface area (Å²) in [5, 5.41) is 19.0. The summed E-state index contributed by atoms with van der Waals surface area (Å²) in [5.74, 6) is 0.377. The molecule has 0 unspecified atom stereocenters. The normalized spacial score (nSPS) is 11.6. The van der Waals surface area contributed by atoms with Crippen molar-refractivity contribution in [3.63, 3.8) is 0 Å². The Morgan fingerprint density at radius 1 is 0.789 bits per heavy atom. The van der Waals surface area contributed by atoms with Crippen molar-refractivity contribution in [3.05, 3.63) is 56.5 Å². The lowest BCUT2D eigenvalue weighted by Gasteiger charge is -2.24. The molecule has 0 fully saturated rings. The van der Waals surface area contributed by atoms with Gasteiger partial charge in [-0.15, -0.1) is 0 Å². The number of phenols is 2. The highest BCUT2D eigenvalue weighted by Gasteiger charge is 2.31. The Morgan fingerprint density at radius 3 is 1.95 bits per heavy atom. The van der Waals surface area contributed by atoms with E-state index in [0.29, 0.717) is 4.47 Å². The molecule has 2 N–H and O–H groups in total. The molecule has 0 spiro atoms. The van der Waals surface area contributed by atoms with Gasteiger partial charge in [0.25, 0.3) is 0 Å². The molecule has 6 heteroatoms. The summed E-state index contributed by atoms with van der Waals surface area (Å²) in [6.45, 7) is 0. The Labute approximate surface area is 144 Å². The molecule has 0 amide bonds. The smallest absolute Gasteiger partial charge is 0.131 e. The summed E-state index contributed by atoms with van der Waals surface area (Å²) in [5.41, 5.74) is 1.81. The second kappa shape index (κ2) is 5.76. The first-order valence-electron chi connectivity index (χ1n) is 5.19. The van der Waals surface area contributed by atoms with Gasteiger partial charge in [-0.3, -0.25) is 0 Å². The maximum Gasteiger partial charge on any atom is 0.131 e. The van der Waals surface area contributed by atoms with Gasteiger partial charge in [-0.1, -0.05) is 50.1 Å². The Kier molecular flexibility index (Phi) is 4.65. The van der Waals surface area contributed by atoms with Crippen molar-refractivity contribution in [3.8, 4) is 11.5 Å². The van der Waals surface area contributed by atoms with Crippen LogP contribution in [0.5, 0.6) is 11.5 Å². The molecule has 0 saturated carbocycles. The van der Waals surface area contributed by atoms with E-state index in [1.807, 2.05) is 12.1 Å². The maximum absolute atomic E-state index is 9.66. The molecule has 0 aliphatic rings. The monoisotopic (exact) mass is 512 g/mol. The van der Waals surface area contributed by atoms with Gasteiger partial charge in [0, 0.05) is 4.47 Å². The standard InChI is InChI=1S/C13H8Br4O2/c14-11-9(5-6-10(19)12(11)15)13(16,17)7-1-3-8(18)4-2-7/h1-6,18-19H. The second-order valence-corrected chi connectivity index (χ2v) is 8.91. The molecule has 2 nitrogen and oxygen atoms in total. The minimum atomic E-state index is -0.622. The van der Waals surface area contributed by atoms with Crippen LogP contribution in [-0.4, -0.2) is 10.2 Å². The van der Waals surface area contributed by atoms with Gasteiger partial charge in [0.1, 0.15) is 14.7 Å². The van der Waals surface area contributed by atoms with Gasteiger partial charge in [0.15, 0.2) is 0 Å². The van der Waals surface area contributed by atoms with Crippen LogP contribution in [-0.2, 0) is 3.23 Å². The van der Waals surface area contributed by atoms with Crippen LogP contribution in [0.1, 0.15) is 11.1 Å². The minimum Gasteiger partial charge on any atom is -0.508 e. The van der Waals surface area contributed by atoms with E-state index in [2.05, 4.69) is 63.7 Å². The van der Waals surface area contributed by atoms with Crippen molar-refractivity contribution in [2.75, 3.05) is 0 Å². The van der Waals surface area contributed by atoms with Crippen LogP contribution in [0.2, 0.25) is 0 Å².